The molecule has 0 atom stereocenters. The molecular formula is C28H47N3O3S. The Morgan fingerprint density at radius 2 is 1.14 bits per heavy atom. The van der Waals surface area contributed by atoms with Gasteiger partial charge in [0, 0.05) is 12.4 Å². The molecule has 2 aromatic rings. The van der Waals surface area contributed by atoms with Gasteiger partial charge in [-0.3, -0.25) is 9.97 Å². The molecule has 0 aliphatic heterocycles. The third kappa shape index (κ3) is 13.2. The first-order chi connectivity index (χ1) is 16.7. The largest absolute Gasteiger partial charge is 0.748 e. The van der Waals surface area contributed by atoms with Gasteiger partial charge in [0.1, 0.15) is 0 Å². The van der Waals surface area contributed by atoms with Crippen molar-refractivity contribution < 1.29 is 17.5 Å². The fourth-order valence-electron chi connectivity index (χ4n) is 4.13. The lowest BCUT2D eigenvalue weighted by atomic mass is 10.1. The van der Waals surface area contributed by atoms with Crippen LogP contribution in [0.1, 0.15) is 90.2 Å². The minimum atomic E-state index is -4.27. The number of quaternary nitrogens is 1. The van der Waals surface area contributed by atoms with Crippen LogP contribution in [0.25, 0.3) is 11.4 Å². The Morgan fingerprint density at radius 1 is 0.714 bits per heavy atom. The Bertz CT molecular complexity index is 876. The highest BCUT2D eigenvalue weighted by Gasteiger charge is 2.24. The summed E-state index contributed by atoms with van der Waals surface area (Å²) in [6.45, 7) is 17.0. The maximum atomic E-state index is 10.6. The van der Waals surface area contributed by atoms with E-state index in [0.717, 1.165) is 5.56 Å². The van der Waals surface area contributed by atoms with E-state index < -0.39 is 15.9 Å². The molecule has 2 aromatic heterocycles. The second-order valence-electron chi connectivity index (χ2n) is 9.62. The van der Waals surface area contributed by atoms with Gasteiger partial charge in [-0.2, -0.15) is 0 Å². The summed E-state index contributed by atoms with van der Waals surface area (Å²) >= 11 is 0. The van der Waals surface area contributed by atoms with Gasteiger partial charge in [-0.25, -0.2) is 8.42 Å². The van der Waals surface area contributed by atoms with Crippen LogP contribution in [0.5, 0.6) is 0 Å². The summed E-state index contributed by atoms with van der Waals surface area (Å²) in [5, 5.41) is 0. The van der Waals surface area contributed by atoms with Crippen LogP contribution in [0.4, 0.5) is 0 Å². The van der Waals surface area contributed by atoms with E-state index in [9.17, 15) is 13.0 Å². The van der Waals surface area contributed by atoms with Crippen LogP contribution in [-0.2, 0) is 15.9 Å². The van der Waals surface area contributed by atoms with Gasteiger partial charge in [0.05, 0.1) is 53.4 Å². The zero-order chi connectivity index (χ0) is 26.2. The Morgan fingerprint density at radius 3 is 1.46 bits per heavy atom. The summed E-state index contributed by atoms with van der Waals surface area (Å²) < 4.78 is 33.2. The van der Waals surface area contributed by atoms with Crippen LogP contribution < -0.4 is 0 Å². The molecule has 0 amide bonds. The predicted molar refractivity (Wildman–Crippen MR) is 145 cm³/mol. The molecule has 35 heavy (non-hydrogen) atoms. The molecule has 6 nitrogen and oxygen atoms in total. The number of aryl methyl sites for hydroxylation is 1. The monoisotopic (exact) mass is 505 g/mol. The summed E-state index contributed by atoms with van der Waals surface area (Å²) in [7, 11) is -4.27. The number of hydrogen-bond donors (Lipinski definition) is 0. The molecule has 0 fully saturated rings. The van der Waals surface area contributed by atoms with Gasteiger partial charge in [0.15, 0.2) is 0 Å². The number of rotatable bonds is 15. The first-order valence-corrected chi connectivity index (χ1v) is 14.9. The second-order valence-corrected chi connectivity index (χ2v) is 11.0. The van der Waals surface area contributed by atoms with Crippen molar-refractivity contribution in [3.8, 4) is 11.4 Å². The molecule has 2 heterocycles. The van der Waals surface area contributed by atoms with Crippen molar-refractivity contribution in [2.45, 2.75) is 91.7 Å². The van der Waals surface area contributed by atoms with Gasteiger partial charge in [0.2, 0.25) is 0 Å². The van der Waals surface area contributed by atoms with Gasteiger partial charge < -0.3 is 9.04 Å². The van der Waals surface area contributed by atoms with Crippen molar-refractivity contribution in [2.24, 2.45) is 0 Å². The zero-order valence-corrected chi connectivity index (χ0v) is 23.4. The Balaban J connectivity index is 0.000000351. The molecule has 0 spiro atoms. The van der Waals surface area contributed by atoms with Gasteiger partial charge in [-0.05, 0) is 55.9 Å². The summed E-state index contributed by atoms with van der Waals surface area (Å²) in [5.41, 5.74) is 2.77. The van der Waals surface area contributed by atoms with E-state index in [0.29, 0.717) is 17.0 Å². The summed E-state index contributed by atoms with van der Waals surface area (Å²) in [6.07, 6.45) is 14.2. The molecule has 0 N–H and O–H groups in total. The highest BCUT2D eigenvalue weighted by molar-refractivity contribution is 7.84. The molecule has 7 heteroatoms. The number of nitrogens with zero attached hydrogens (tertiary/aromatic N) is 3. The number of pyridine rings is 2. The van der Waals surface area contributed by atoms with Crippen LogP contribution >= 0.6 is 0 Å². The first-order valence-electron chi connectivity index (χ1n) is 13.3. The number of hydrogen-bond acceptors (Lipinski definition) is 5. The van der Waals surface area contributed by atoms with E-state index in [2.05, 4.69) is 37.7 Å². The first kappa shape index (κ1) is 31.2. The molecule has 198 valence electrons. The fourth-order valence-corrected chi connectivity index (χ4v) is 4.71. The zero-order valence-electron chi connectivity index (χ0n) is 22.6. The van der Waals surface area contributed by atoms with E-state index in [-0.39, 0.29) is 0 Å². The van der Waals surface area contributed by atoms with Crippen LogP contribution in [0, 0.1) is 6.92 Å². The SMILES string of the molecule is CCCC[N+](CCCC)(CCCC)CCCC.Cc1ccc(-c2ccc(CS(=O)(=O)[O-])cn2)nc1. The minimum absolute atomic E-state index is 0.376. The lowest BCUT2D eigenvalue weighted by Gasteiger charge is -2.39. The number of unbranched alkanes of at least 4 members (excludes halogenated alkanes) is 4. The van der Waals surface area contributed by atoms with Crippen molar-refractivity contribution in [2.75, 3.05) is 26.2 Å². The van der Waals surface area contributed by atoms with E-state index in [1.54, 1.807) is 18.3 Å². The average Bonchev–Trinajstić information content (AvgIpc) is 2.84. The Labute approximate surface area is 214 Å². The average molecular weight is 506 g/mol. The predicted octanol–water partition coefficient (Wildman–Crippen LogP) is 6.50. The van der Waals surface area contributed by atoms with Crippen LogP contribution in [0.3, 0.4) is 0 Å². The molecule has 0 aliphatic rings. The van der Waals surface area contributed by atoms with Crippen molar-refractivity contribution >= 4 is 10.1 Å². The molecule has 0 unspecified atom stereocenters. The van der Waals surface area contributed by atoms with Crippen molar-refractivity contribution in [3.63, 3.8) is 0 Å². The summed E-state index contributed by atoms with van der Waals surface area (Å²) in [5.74, 6) is -0.540. The molecule has 0 aromatic carbocycles. The third-order valence-electron chi connectivity index (χ3n) is 6.29. The van der Waals surface area contributed by atoms with Gasteiger partial charge in [-0.1, -0.05) is 65.5 Å². The van der Waals surface area contributed by atoms with Gasteiger partial charge >= 0.3 is 0 Å². The van der Waals surface area contributed by atoms with E-state index in [4.69, 9.17) is 0 Å². The van der Waals surface area contributed by atoms with Gasteiger partial charge in [-0.15, -0.1) is 0 Å². The lowest BCUT2D eigenvalue weighted by molar-refractivity contribution is -0.929. The van der Waals surface area contributed by atoms with Crippen LogP contribution in [-0.4, -0.2) is 53.6 Å². The molecule has 0 bridgehead atoms. The van der Waals surface area contributed by atoms with Crippen LogP contribution in [0.2, 0.25) is 0 Å². The third-order valence-corrected chi connectivity index (χ3v) is 6.97. The van der Waals surface area contributed by atoms with E-state index in [1.807, 2.05) is 19.1 Å². The Kier molecular flexibility index (Phi) is 15.0. The molecule has 2 rings (SSSR count). The standard InChI is InChI=1S/C16H36N.C12H12N2O3S/c1-5-9-13-17(14-10-6-2,15-11-7-3)16-12-8-4;1-9-2-4-11(13-6-9)12-5-3-10(7-14-12)8-18(15,16)17/h5-16H2,1-4H3;2-7H,8H2,1H3,(H,15,16,17)/q+1;/p-1. The molecule has 0 saturated heterocycles. The molecule has 0 aliphatic carbocycles. The quantitative estimate of drug-likeness (QED) is 0.204. The second kappa shape index (κ2) is 16.8. The summed E-state index contributed by atoms with van der Waals surface area (Å²) in [6, 6.07) is 6.97. The maximum Gasteiger partial charge on any atom is 0.0989 e. The maximum absolute atomic E-state index is 10.6. The van der Waals surface area contributed by atoms with Gasteiger partial charge in [0.25, 0.3) is 0 Å². The highest BCUT2D eigenvalue weighted by atomic mass is 32.2. The molecule has 0 radical (unpaired) electrons. The fraction of sp³-hybridized carbons (Fsp3) is 0.643. The molecular weight excluding hydrogens is 458 g/mol. The van der Waals surface area contributed by atoms with Crippen LogP contribution in [0.15, 0.2) is 36.7 Å². The topological polar surface area (TPSA) is 83.0 Å². The molecule has 0 saturated carbocycles. The van der Waals surface area contributed by atoms with E-state index in [1.165, 1.54) is 88.2 Å². The minimum Gasteiger partial charge on any atom is -0.748 e. The number of aromatic nitrogens is 2. The summed E-state index contributed by atoms with van der Waals surface area (Å²) in [4.78, 5) is 8.31. The Hall–Kier alpha value is -1.83. The highest BCUT2D eigenvalue weighted by Crippen LogP contribution is 2.17. The lowest BCUT2D eigenvalue weighted by Crippen LogP contribution is -2.50. The van der Waals surface area contributed by atoms with E-state index >= 15 is 0 Å². The van der Waals surface area contributed by atoms with Crippen molar-refractivity contribution in [1.29, 1.82) is 0 Å². The van der Waals surface area contributed by atoms with Crippen molar-refractivity contribution in [1.82, 2.24) is 9.97 Å². The van der Waals surface area contributed by atoms with Crippen molar-refractivity contribution in [3.05, 3.63) is 47.8 Å². The smallest absolute Gasteiger partial charge is 0.0989 e. The normalized spacial score (nSPS) is 11.7.